The highest BCUT2D eigenvalue weighted by Gasteiger charge is 2.33. The Morgan fingerprint density at radius 3 is 2.15 bits per heavy atom. The quantitative estimate of drug-likeness (QED) is 0.468. The average molecular weight is 364 g/mol. The van der Waals surface area contributed by atoms with Gasteiger partial charge in [-0.3, -0.25) is 0 Å². The summed E-state index contributed by atoms with van der Waals surface area (Å²) in [6.07, 6.45) is 8.84. The molecule has 0 unspecified atom stereocenters. The maximum absolute atomic E-state index is 10.5. The molecule has 2 aromatic rings. The zero-order valence-corrected chi connectivity index (χ0v) is 16.2. The molecule has 3 nitrogen and oxygen atoms in total. The van der Waals surface area contributed by atoms with Gasteiger partial charge in [-0.25, -0.2) is 0 Å². The van der Waals surface area contributed by atoms with Crippen molar-refractivity contribution in [2.24, 2.45) is 11.3 Å². The summed E-state index contributed by atoms with van der Waals surface area (Å²) in [4.78, 5) is 0. The number of allylic oxidation sites excluding steroid dienone is 2. The predicted molar refractivity (Wildman–Crippen MR) is 111 cm³/mol. The summed E-state index contributed by atoms with van der Waals surface area (Å²) in [5.74, 6) is 0.798. The first kappa shape index (κ1) is 19.1. The van der Waals surface area contributed by atoms with Gasteiger partial charge < -0.3 is 15.3 Å². The number of benzene rings is 2. The summed E-state index contributed by atoms with van der Waals surface area (Å²) in [6.45, 7) is 6.67. The lowest BCUT2D eigenvalue weighted by Gasteiger charge is -2.38. The van der Waals surface area contributed by atoms with E-state index in [2.05, 4.69) is 26.8 Å². The summed E-state index contributed by atoms with van der Waals surface area (Å²) in [7, 11) is 0. The first-order chi connectivity index (χ1) is 12.8. The molecule has 3 heteroatoms. The van der Waals surface area contributed by atoms with E-state index in [1.807, 2.05) is 12.2 Å². The molecule has 1 aliphatic carbocycles. The first-order valence-corrected chi connectivity index (χ1v) is 9.45. The van der Waals surface area contributed by atoms with Gasteiger partial charge in [0.15, 0.2) is 0 Å². The van der Waals surface area contributed by atoms with Crippen molar-refractivity contribution in [1.29, 1.82) is 0 Å². The van der Waals surface area contributed by atoms with Crippen molar-refractivity contribution in [1.82, 2.24) is 0 Å². The van der Waals surface area contributed by atoms with Crippen molar-refractivity contribution in [3.05, 3.63) is 64.7 Å². The monoisotopic (exact) mass is 364 g/mol. The van der Waals surface area contributed by atoms with Gasteiger partial charge in [0.25, 0.3) is 0 Å². The van der Waals surface area contributed by atoms with Crippen LogP contribution in [0.5, 0.6) is 17.2 Å². The molecule has 1 atom stereocenters. The summed E-state index contributed by atoms with van der Waals surface area (Å²) < 4.78 is 0. The third-order valence-corrected chi connectivity index (χ3v) is 5.74. The number of phenols is 3. The molecular formula is C24H28O3. The summed E-state index contributed by atoms with van der Waals surface area (Å²) in [5.41, 5.74) is 3.76. The molecule has 142 valence electrons. The number of rotatable bonds is 4. The van der Waals surface area contributed by atoms with Gasteiger partial charge in [-0.1, -0.05) is 49.8 Å². The molecule has 0 radical (unpaired) electrons. The topological polar surface area (TPSA) is 60.7 Å². The van der Waals surface area contributed by atoms with Crippen LogP contribution < -0.4 is 0 Å². The van der Waals surface area contributed by atoms with Crippen molar-refractivity contribution in [2.45, 2.75) is 40.0 Å². The van der Waals surface area contributed by atoms with Crippen molar-refractivity contribution in [3.8, 4) is 17.2 Å². The van der Waals surface area contributed by atoms with E-state index in [0.29, 0.717) is 17.9 Å². The van der Waals surface area contributed by atoms with Crippen LogP contribution >= 0.6 is 0 Å². The Bertz CT molecular complexity index is 850. The van der Waals surface area contributed by atoms with Crippen LogP contribution in [-0.4, -0.2) is 15.3 Å². The third-order valence-electron chi connectivity index (χ3n) is 5.74. The van der Waals surface area contributed by atoms with E-state index in [9.17, 15) is 15.3 Å². The molecule has 0 fully saturated rings. The summed E-state index contributed by atoms with van der Waals surface area (Å²) >= 11 is 0. The van der Waals surface area contributed by atoms with Crippen LogP contribution in [0.4, 0.5) is 0 Å². The Hall–Kier alpha value is -2.68. The Balaban J connectivity index is 1.83. The molecule has 0 aromatic heterocycles. The largest absolute Gasteiger partial charge is 0.508 e. The van der Waals surface area contributed by atoms with Gasteiger partial charge in [0, 0.05) is 5.56 Å². The first-order valence-electron chi connectivity index (χ1n) is 9.45. The molecule has 0 saturated carbocycles. The predicted octanol–water partition coefficient (Wildman–Crippen LogP) is 5.90. The second-order valence-corrected chi connectivity index (χ2v) is 8.19. The lowest BCUT2D eigenvalue weighted by molar-refractivity contribution is 0.211. The van der Waals surface area contributed by atoms with E-state index in [-0.39, 0.29) is 22.7 Å². The number of phenolic OH excluding ortho intramolecular Hbond substituents is 3. The maximum Gasteiger partial charge on any atom is 0.123 e. The van der Waals surface area contributed by atoms with Crippen molar-refractivity contribution in [2.75, 3.05) is 0 Å². The van der Waals surface area contributed by atoms with Crippen molar-refractivity contribution in [3.63, 3.8) is 0 Å². The Morgan fingerprint density at radius 1 is 0.963 bits per heavy atom. The minimum absolute atomic E-state index is 0.134. The fourth-order valence-electron chi connectivity index (χ4n) is 3.99. The fourth-order valence-corrected chi connectivity index (χ4v) is 3.99. The zero-order chi connectivity index (χ0) is 19.6. The van der Waals surface area contributed by atoms with Crippen molar-refractivity contribution < 1.29 is 15.3 Å². The molecule has 0 bridgehead atoms. The van der Waals surface area contributed by atoms with Gasteiger partial charge in [0.2, 0.25) is 0 Å². The molecule has 0 aliphatic heterocycles. The van der Waals surface area contributed by atoms with Crippen molar-refractivity contribution >= 4 is 12.2 Å². The minimum Gasteiger partial charge on any atom is -0.508 e. The highest BCUT2D eigenvalue weighted by atomic mass is 16.3. The van der Waals surface area contributed by atoms with Crippen LogP contribution in [-0.2, 0) is 6.42 Å². The van der Waals surface area contributed by atoms with E-state index in [0.717, 1.165) is 24.0 Å². The molecule has 3 N–H and O–H groups in total. The smallest absolute Gasteiger partial charge is 0.123 e. The Kier molecular flexibility index (Phi) is 5.31. The van der Waals surface area contributed by atoms with Crippen LogP contribution in [0.2, 0.25) is 0 Å². The molecular weight excluding hydrogens is 336 g/mol. The average Bonchev–Trinajstić information content (AvgIpc) is 2.59. The zero-order valence-electron chi connectivity index (χ0n) is 16.2. The van der Waals surface area contributed by atoms with Gasteiger partial charge in [-0.2, -0.15) is 0 Å². The van der Waals surface area contributed by atoms with Crippen LogP contribution in [0.25, 0.3) is 12.2 Å². The Labute approximate surface area is 161 Å². The van der Waals surface area contributed by atoms with Gasteiger partial charge >= 0.3 is 0 Å². The maximum atomic E-state index is 10.5. The highest BCUT2D eigenvalue weighted by molar-refractivity contribution is 5.71. The van der Waals surface area contributed by atoms with E-state index < -0.39 is 0 Å². The molecule has 0 heterocycles. The molecule has 0 amide bonds. The molecule has 0 spiro atoms. The summed E-state index contributed by atoms with van der Waals surface area (Å²) in [5, 5.41) is 30.4. The lowest BCUT2D eigenvalue weighted by atomic mass is 9.66. The standard InChI is InChI=1S/C24H28O3/c1-16-5-4-12-24(2,3)21(16)15-20-22(26)13-18(14-23(20)27)7-6-17-8-10-19(25)11-9-17/h5-11,13-14,21,25-27H,4,12,15H2,1-3H3/b7-6+/t21-/m0/s1. The van der Waals surface area contributed by atoms with Gasteiger partial charge in [0.1, 0.15) is 17.2 Å². The minimum atomic E-state index is 0.134. The van der Waals surface area contributed by atoms with Crippen LogP contribution in [0, 0.1) is 11.3 Å². The second-order valence-electron chi connectivity index (χ2n) is 8.19. The molecule has 0 saturated heterocycles. The molecule has 27 heavy (non-hydrogen) atoms. The normalized spacial score (nSPS) is 19.2. The lowest BCUT2D eigenvalue weighted by Crippen LogP contribution is -2.29. The highest BCUT2D eigenvalue weighted by Crippen LogP contribution is 2.45. The van der Waals surface area contributed by atoms with Crippen LogP contribution in [0.15, 0.2) is 48.0 Å². The molecule has 1 aliphatic rings. The molecule has 3 rings (SSSR count). The summed E-state index contributed by atoms with van der Waals surface area (Å²) in [6, 6.07) is 10.3. The van der Waals surface area contributed by atoms with E-state index in [4.69, 9.17) is 0 Å². The molecule has 2 aromatic carbocycles. The van der Waals surface area contributed by atoms with Gasteiger partial charge in [-0.15, -0.1) is 0 Å². The number of hydrogen-bond donors (Lipinski definition) is 3. The number of aromatic hydroxyl groups is 3. The van der Waals surface area contributed by atoms with Crippen LogP contribution in [0.3, 0.4) is 0 Å². The SMILES string of the molecule is CC1=CCCC(C)(C)[C@H]1Cc1c(O)cc(/C=C/c2ccc(O)cc2)cc1O. The third kappa shape index (κ3) is 4.36. The van der Waals surface area contributed by atoms with E-state index in [1.165, 1.54) is 5.57 Å². The van der Waals surface area contributed by atoms with Crippen LogP contribution in [0.1, 0.15) is 50.3 Å². The van der Waals surface area contributed by atoms with Gasteiger partial charge in [-0.05, 0) is 72.9 Å². The Morgan fingerprint density at radius 2 is 1.56 bits per heavy atom. The van der Waals surface area contributed by atoms with E-state index in [1.54, 1.807) is 36.4 Å². The second kappa shape index (κ2) is 7.51. The fraction of sp³-hybridized carbons (Fsp3) is 0.333. The van der Waals surface area contributed by atoms with E-state index >= 15 is 0 Å². The number of hydrogen-bond acceptors (Lipinski definition) is 3. The van der Waals surface area contributed by atoms with Gasteiger partial charge in [0.05, 0.1) is 0 Å².